The van der Waals surface area contributed by atoms with Gasteiger partial charge in [0.1, 0.15) is 0 Å². The van der Waals surface area contributed by atoms with Crippen LogP contribution in [0.4, 0.5) is 0 Å². The van der Waals surface area contributed by atoms with E-state index in [9.17, 15) is 0 Å². The third-order valence-electron chi connectivity index (χ3n) is 3.41. The normalized spacial score (nSPS) is 26.9. The second-order valence-electron chi connectivity index (χ2n) is 4.81. The molecule has 2 N–H and O–H groups in total. The van der Waals surface area contributed by atoms with Crippen molar-refractivity contribution in [3.8, 4) is 0 Å². The molecule has 0 aromatic heterocycles. The van der Waals surface area contributed by atoms with Crippen LogP contribution in [0.2, 0.25) is 5.02 Å². The Morgan fingerprint density at radius 3 is 2.75 bits per heavy atom. The molecule has 0 saturated carbocycles. The van der Waals surface area contributed by atoms with E-state index in [0.29, 0.717) is 12.0 Å². The molecule has 0 spiro atoms. The highest BCUT2D eigenvalue weighted by Crippen LogP contribution is 2.20. The van der Waals surface area contributed by atoms with Crippen LogP contribution in [0.1, 0.15) is 12.0 Å². The summed E-state index contributed by atoms with van der Waals surface area (Å²) in [6.45, 7) is 2.22. The lowest BCUT2D eigenvalue weighted by Crippen LogP contribution is -2.46. The van der Waals surface area contributed by atoms with E-state index in [2.05, 4.69) is 24.1 Å². The largest absolute Gasteiger partial charge is 0.327 e. The van der Waals surface area contributed by atoms with Crippen LogP contribution in [-0.4, -0.2) is 31.1 Å². The van der Waals surface area contributed by atoms with Gasteiger partial charge < -0.3 is 10.6 Å². The van der Waals surface area contributed by atoms with Crippen LogP contribution < -0.4 is 5.73 Å². The van der Waals surface area contributed by atoms with Gasteiger partial charge in [-0.05, 0) is 50.0 Å². The Kier molecular flexibility index (Phi) is 3.85. The van der Waals surface area contributed by atoms with E-state index in [1.54, 1.807) is 0 Å². The Labute approximate surface area is 102 Å². The molecular weight excluding hydrogens is 220 g/mol. The van der Waals surface area contributed by atoms with Crippen molar-refractivity contribution in [1.82, 2.24) is 4.90 Å². The van der Waals surface area contributed by atoms with Gasteiger partial charge in [-0.1, -0.05) is 23.7 Å². The summed E-state index contributed by atoms with van der Waals surface area (Å²) in [7, 11) is 2.17. The summed E-state index contributed by atoms with van der Waals surface area (Å²) in [5.41, 5.74) is 7.50. The Morgan fingerprint density at radius 1 is 1.38 bits per heavy atom. The maximum absolute atomic E-state index is 6.17. The zero-order chi connectivity index (χ0) is 11.5. The summed E-state index contributed by atoms with van der Waals surface area (Å²) in [4.78, 5) is 2.37. The first-order valence-corrected chi connectivity index (χ1v) is 6.21. The second kappa shape index (κ2) is 5.17. The summed E-state index contributed by atoms with van der Waals surface area (Å²) in [6, 6.07) is 8.45. The predicted molar refractivity (Wildman–Crippen MR) is 68.7 cm³/mol. The fourth-order valence-corrected chi connectivity index (χ4v) is 2.50. The number of hydrogen-bond acceptors (Lipinski definition) is 2. The van der Waals surface area contributed by atoms with Crippen molar-refractivity contribution >= 4 is 11.6 Å². The van der Waals surface area contributed by atoms with Crippen molar-refractivity contribution in [1.29, 1.82) is 0 Å². The van der Waals surface area contributed by atoms with Crippen LogP contribution in [-0.2, 0) is 6.42 Å². The van der Waals surface area contributed by atoms with E-state index in [0.717, 1.165) is 31.0 Å². The average molecular weight is 239 g/mol. The Bertz CT molecular complexity index is 336. The molecule has 2 rings (SSSR count). The van der Waals surface area contributed by atoms with Gasteiger partial charge in [-0.25, -0.2) is 0 Å². The maximum atomic E-state index is 6.17. The minimum absolute atomic E-state index is 0.340. The summed E-state index contributed by atoms with van der Waals surface area (Å²) in [5.74, 6) is 0.569. The highest BCUT2D eigenvalue weighted by Gasteiger charge is 2.24. The first kappa shape index (κ1) is 11.9. The molecular formula is C13H19ClN2. The van der Waals surface area contributed by atoms with Gasteiger partial charge in [0.2, 0.25) is 0 Å². The predicted octanol–water partition coefficient (Wildman–Crippen LogP) is 2.16. The summed E-state index contributed by atoms with van der Waals surface area (Å²) >= 11 is 5.87. The SMILES string of the molecule is CN1CCC(N)C(Cc2ccc(Cl)cc2)C1. The summed E-state index contributed by atoms with van der Waals surface area (Å²) < 4.78 is 0. The lowest BCUT2D eigenvalue weighted by molar-refractivity contribution is 0.185. The fraction of sp³-hybridized carbons (Fsp3) is 0.538. The molecule has 1 aromatic carbocycles. The van der Waals surface area contributed by atoms with Crippen LogP contribution in [0.5, 0.6) is 0 Å². The number of benzene rings is 1. The number of piperidine rings is 1. The molecule has 88 valence electrons. The van der Waals surface area contributed by atoms with Crippen molar-refractivity contribution in [2.24, 2.45) is 11.7 Å². The molecule has 1 aromatic rings. The van der Waals surface area contributed by atoms with Crippen molar-refractivity contribution in [3.63, 3.8) is 0 Å². The minimum atomic E-state index is 0.340. The topological polar surface area (TPSA) is 29.3 Å². The van der Waals surface area contributed by atoms with Crippen LogP contribution >= 0.6 is 11.6 Å². The second-order valence-corrected chi connectivity index (χ2v) is 5.24. The molecule has 0 aliphatic carbocycles. The highest BCUT2D eigenvalue weighted by atomic mass is 35.5. The molecule has 1 aliphatic heterocycles. The highest BCUT2D eigenvalue weighted by molar-refractivity contribution is 6.30. The molecule has 2 atom stereocenters. The third kappa shape index (κ3) is 2.97. The van der Waals surface area contributed by atoms with Crippen LogP contribution in [0.25, 0.3) is 0 Å². The van der Waals surface area contributed by atoms with Gasteiger partial charge in [0.05, 0.1) is 0 Å². The fourth-order valence-electron chi connectivity index (χ4n) is 2.37. The van der Waals surface area contributed by atoms with Gasteiger partial charge in [0.25, 0.3) is 0 Å². The number of nitrogens with two attached hydrogens (primary N) is 1. The van der Waals surface area contributed by atoms with E-state index in [1.165, 1.54) is 5.56 Å². The lowest BCUT2D eigenvalue weighted by Gasteiger charge is -2.34. The van der Waals surface area contributed by atoms with Gasteiger partial charge in [-0.15, -0.1) is 0 Å². The van der Waals surface area contributed by atoms with Gasteiger partial charge >= 0.3 is 0 Å². The van der Waals surface area contributed by atoms with Gasteiger partial charge in [-0.3, -0.25) is 0 Å². The van der Waals surface area contributed by atoms with E-state index in [-0.39, 0.29) is 0 Å². The summed E-state index contributed by atoms with van der Waals surface area (Å²) in [6.07, 6.45) is 2.16. The van der Waals surface area contributed by atoms with Crippen molar-refractivity contribution in [2.75, 3.05) is 20.1 Å². The van der Waals surface area contributed by atoms with Crippen LogP contribution in [0, 0.1) is 5.92 Å². The smallest absolute Gasteiger partial charge is 0.0406 e. The third-order valence-corrected chi connectivity index (χ3v) is 3.66. The van der Waals surface area contributed by atoms with E-state index < -0.39 is 0 Å². The zero-order valence-electron chi connectivity index (χ0n) is 9.70. The molecule has 1 heterocycles. The molecule has 2 nitrogen and oxygen atoms in total. The maximum Gasteiger partial charge on any atom is 0.0406 e. The standard InChI is InChI=1S/C13H19ClN2/c1-16-7-6-13(15)11(9-16)8-10-2-4-12(14)5-3-10/h2-5,11,13H,6-9,15H2,1H3. The van der Waals surface area contributed by atoms with Gasteiger partial charge in [-0.2, -0.15) is 0 Å². The number of likely N-dealkylation sites (tertiary alicyclic amines) is 1. The van der Waals surface area contributed by atoms with Gasteiger partial charge in [0.15, 0.2) is 0 Å². The molecule has 2 unspecified atom stereocenters. The molecule has 1 fully saturated rings. The van der Waals surface area contributed by atoms with E-state index in [4.69, 9.17) is 17.3 Å². The number of nitrogens with zero attached hydrogens (tertiary/aromatic N) is 1. The van der Waals surface area contributed by atoms with E-state index >= 15 is 0 Å². The monoisotopic (exact) mass is 238 g/mol. The Balaban J connectivity index is 2.00. The molecule has 0 amide bonds. The van der Waals surface area contributed by atoms with E-state index in [1.807, 2.05) is 12.1 Å². The van der Waals surface area contributed by atoms with Crippen molar-refractivity contribution in [3.05, 3.63) is 34.9 Å². The quantitative estimate of drug-likeness (QED) is 0.856. The van der Waals surface area contributed by atoms with Crippen LogP contribution in [0.15, 0.2) is 24.3 Å². The molecule has 0 bridgehead atoms. The lowest BCUT2D eigenvalue weighted by atomic mass is 9.87. The molecule has 1 saturated heterocycles. The number of rotatable bonds is 2. The first-order chi connectivity index (χ1) is 7.65. The number of halogens is 1. The van der Waals surface area contributed by atoms with Crippen molar-refractivity contribution < 1.29 is 0 Å². The summed E-state index contributed by atoms with van der Waals surface area (Å²) in [5, 5.41) is 0.800. The molecule has 3 heteroatoms. The first-order valence-electron chi connectivity index (χ1n) is 5.83. The zero-order valence-corrected chi connectivity index (χ0v) is 10.5. The minimum Gasteiger partial charge on any atom is -0.327 e. The Morgan fingerprint density at radius 2 is 2.06 bits per heavy atom. The van der Waals surface area contributed by atoms with Crippen LogP contribution in [0.3, 0.4) is 0 Å². The number of hydrogen-bond donors (Lipinski definition) is 1. The molecule has 16 heavy (non-hydrogen) atoms. The molecule has 0 radical (unpaired) electrons. The average Bonchev–Trinajstić information content (AvgIpc) is 2.27. The van der Waals surface area contributed by atoms with Crippen molar-refractivity contribution in [2.45, 2.75) is 18.9 Å². The molecule has 1 aliphatic rings. The Hall–Kier alpha value is -0.570. The van der Waals surface area contributed by atoms with Gasteiger partial charge in [0, 0.05) is 17.6 Å².